The molecule has 20 heavy (non-hydrogen) atoms. The summed E-state index contributed by atoms with van der Waals surface area (Å²) in [4.78, 5) is 0. The molecule has 0 fully saturated rings. The van der Waals surface area contributed by atoms with Crippen molar-refractivity contribution in [2.45, 2.75) is 17.7 Å². The van der Waals surface area contributed by atoms with E-state index in [0.29, 0.717) is 25.9 Å². The fourth-order valence-corrected chi connectivity index (χ4v) is 3.74. The zero-order valence-electron chi connectivity index (χ0n) is 9.80. The van der Waals surface area contributed by atoms with E-state index in [9.17, 15) is 8.78 Å². The summed E-state index contributed by atoms with van der Waals surface area (Å²) in [6.45, 7) is 1.65. The molecule has 0 saturated carbocycles. The lowest BCUT2D eigenvalue weighted by atomic mass is 10.3. The summed E-state index contributed by atoms with van der Waals surface area (Å²) in [5.41, 5.74) is 0.887. The largest absolute Gasteiger partial charge is 0.290 e. The van der Waals surface area contributed by atoms with Gasteiger partial charge in [-0.15, -0.1) is 0 Å². The highest BCUT2D eigenvalue weighted by molar-refractivity contribution is 9.10. The lowest BCUT2D eigenvalue weighted by Crippen LogP contribution is -2.01. The third kappa shape index (κ3) is 3.25. The van der Waals surface area contributed by atoms with Crippen molar-refractivity contribution in [1.82, 2.24) is 9.78 Å². The second-order valence-electron chi connectivity index (χ2n) is 3.71. The third-order valence-corrected chi connectivity index (χ3v) is 4.69. The first-order valence-corrected chi connectivity index (χ1v) is 7.96. The van der Waals surface area contributed by atoms with Gasteiger partial charge in [0, 0.05) is 4.47 Å². The Balaban J connectivity index is 2.59. The second-order valence-corrected chi connectivity index (χ2v) is 6.80. The molecular formula is C11H6BrCl3F2N2S. The lowest BCUT2D eigenvalue weighted by molar-refractivity contribution is 0.252. The smallest absolute Gasteiger partial charge is 0.232 e. The van der Waals surface area contributed by atoms with E-state index in [1.165, 1.54) is 4.68 Å². The Morgan fingerprint density at radius 2 is 1.80 bits per heavy atom. The van der Waals surface area contributed by atoms with E-state index in [4.69, 9.17) is 34.8 Å². The van der Waals surface area contributed by atoms with Crippen LogP contribution in [-0.2, 0) is 0 Å². The average molecular weight is 423 g/mol. The first kappa shape index (κ1) is 16.4. The van der Waals surface area contributed by atoms with Crippen LogP contribution in [0.4, 0.5) is 8.78 Å². The Bertz CT molecular complexity index is 640. The van der Waals surface area contributed by atoms with E-state index in [-0.39, 0.29) is 21.8 Å². The molecule has 0 unspecified atom stereocenters. The molecule has 0 aliphatic carbocycles. The van der Waals surface area contributed by atoms with Crippen LogP contribution in [0.2, 0.25) is 15.1 Å². The van der Waals surface area contributed by atoms with Gasteiger partial charge in [0.15, 0.2) is 0 Å². The zero-order chi connectivity index (χ0) is 15.0. The minimum absolute atomic E-state index is 0.0363. The lowest BCUT2D eigenvalue weighted by Gasteiger charge is -2.09. The first-order chi connectivity index (χ1) is 9.31. The predicted octanol–water partition coefficient (Wildman–Crippen LogP) is 6.22. The number of nitrogens with zero attached hydrogens (tertiary/aromatic N) is 2. The quantitative estimate of drug-likeness (QED) is 0.547. The summed E-state index contributed by atoms with van der Waals surface area (Å²) in [6.07, 6.45) is 0. The summed E-state index contributed by atoms with van der Waals surface area (Å²) in [7, 11) is 0. The van der Waals surface area contributed by atoms with Crippen molar-refractivity contribution in [3.8, 4) is 5.69 Å². The van der Waals surface area contributed by atoms with Crippen molar-refractivity contribution in [3.63, 3.8) is 0 Å². The second kappa shape index (κ2) is 6.40. The Morgan fingerprint density at radius 1 is 1.25 bits per heavy atom. The Hall–Kier alpha value is -0.0100. The fraction of sp³-hybridized carbons (Fsp3) is 0.182. The minimum atomic E-state index is -2.61. The van der Waals surface area contributed by atoms with Gasteiger partial charge < -0.3 is 0 Å². The molecule has 1 heterocycles. The van der Waals surface area contributed by atoms with Crippen LogP contribution in [0.3, 0.4) is 0 Å². The summed E-state index contributed by atoms with van der Waals surface area (Å²) in [6, 6.07) is 3.27. The molecule has 0 aliphatic rings. The summed E-state index contributed by atoms with van der Waals surface area (Å²) in [5, 5.41) is 4.92. The van der Waals surface area contributed by atoms with E-state index >= 15 is 0 Å². The fourth-order valence-electron chi connectivity index (χ4n) is 1.57. The van der Waals surface area contributed by atoms with Crippen molar-refractivity contribution < 1.29 is 8.78 Å². The number of halogens is 6. The standard InChI is InChI=1S/C11H6BrCl3F2N2S/c1-4-8(15)10(20-11(16)17)18-19(4)9-6(13)2-5(12)3-7(9)14/h2-3,11H,1H3. The Labute approximate surface area is 141 Å². The van der Waals surface area contributed by atoms with Crippen LogP contribution < -0.4 is 0 Å². The monoisotopic (exact) mass is 420 g/mol. The molecule has 1 aromatic heterocycles. The number of hydrogen-bond acceptors (Lipinski definition) is 2. The SMILES string of the molecule is Cc1c(Cl)c(SC(F)F)nn1-c1c(Cl)cc(Br)cc1Cl. The number of thioether (sulfide) groups is 1. The molecule has 0 saturated heterocycles. The number of aromatic nitrogens is 2. The van der Waals surface area contributed by atoms with Crippen LogP contribution >= 0.6 is 62.5 Å². The maximum absolute atomic E-state index is 12.5. The topological polar surface area (TPSA) is 17.8 Å². The maximum atomic E-state index is 12.5. The molecule has 0 radical (unpaired) electrons. The average Bonchev–Trinajstić information content (AvgIpc) is 2.56. The number of alkyl halides is 2. The molecule has 1 aromatic carbocycles. The first-order valence-electron chi connectivity index (χ1n) is 5.16. The number of rotatable bonds is 3. The highest BCUT2D eigenvalue weighted by Gasteiger charge is 2.21. The summed E-state index contributed by atoms with van der Waals surface area (Å²) < 4.78 is 27.0. The van der Waals surface area contributed by atoms with E-state index in [1.807, 2.05) is 0 Å². The van der Waals surface area contributed by atoms with Gasteiger partial charge in [0.05, 0.1) is 20.8 Å². The number of hydrogen-bond donors (Lipinski definition) is 0. The van der Waals surface area contributed by atoms with Crippen molar-refractivity contribution in [2.24, 2.45) is 0 Å². The maximum Gasteiger partial charge on any atom is 0.290 e. The molecule has 9 heteroatoms. The highest BCUT2D eigenvalue weighted by Crippen LogP contribution is 2.38. The van der Waals surface area contributed by atoms with Crippen molar-refractivity contribution in [2.75, 3.05) is 0 Å². The van der Waals surface area contributed by atoms with Gasteiger partial charge in [0.1, 0.15) is 10.7 Å². The van der Waals surface area contributed by atoms with Gasteiger partial charge in [0.2, 0.25) is 0 Å². The van der Waals surface area contributed by atoms with E-state index in [0.717, 1.165) is 0 Å². The minimum Gasteiger partial charge on any atom is -0.232 e. The molecule has 0 aliphatic heterocycles. The van der Waals surface area contributed by atoms with Gasteiger partial charge in [-0.3, -0.25) is 0 Å². The van der Waals surface area contributed by atoms with Crippen LogP contribution in [0.25, 0.3) is 5.69 Å². The van der Waals surface area contributed by atoms with Crippen molar-refractivity contribution in [1.29, 1.82) is 0 Å². The van der Waals surface area contributed by atoms with E-state index in [2.05, 4.69) is 21.0 Å². The third-order valence-electron chi connectivity index (χ3n) is 2.41. The number of benzene rings is 1. The van der Waals surface area contributed by atoms with Gasteiger partial charge in [-0.25, -0.2) is 4.68 Å². The summed E-state index contributed by atoms with van der Waals surface area (Å²) in [5.74, 6) is -2.61. The molecule has 108 valence electrons. The van der Waals surface area contributed by atoms with Crippen molar-refractivity contribution in [3.05, 3.63) is 37.4 Å². The highest BCUT2D eigenvalue weighted by atomic mass is 79.9. The van der Waals surface area contributed by atoms with Crippen LogP contribution in [-0.4, -0.2) is 15.5 Å². The van der Waals surface area contributed by atoms with Gasteiger partial charge in [-0.2, -0.15) is 13.9 Å². The molecule has 2 aromatic rings. The van der Waals surface area contributed by atoms with E-state index < -0.39 is 5.76 Å². The molecule has 0 amide bonds. The molecule has 2 rings (SSSR count). The summed E-state index contributed by atoms with van der Waals surface area (Å²) >= 11 is 21.8. The van der Waals surface area contributed by atoms with Crippen molar-refractivity contribution >= 4 is 62.5 Å². The molecular weight excluding hydrogens is 416 g/mol. The van der Waals surface area contributed by atoms with E-state index in [1.54, 1.807) is 19.1 Å². The van der Waals surface area contributed by atoms with Gasteiger partial charge >= 0.3 is 0 Å². The van der Waals surface area contributed by atoms with Gasteiger partial charge in [-0.1, -0.05) is 50.7 Å². The van der Waals surface area contributed by atoms with Gasteiger partial charge in [-0.05, 0) is 30.8 Å². The van der Waals surface area contributed by atoms with Crippen LogP contribution in [0.5, 0.6) is 0 Å². The Morgan fingerprint density at radius 3 is 2.30 bits per heavy atom. The predicted molar refractivity (Wildman–Crippen MR) is 82.9 cm³/mol. The Kier molecular flexibility index (Phi) is 5.24. The van der Waals surface area contributed by atoms with Crippen LogP contribution in [0.1, 0.15) is 5.69 Å². The normalized spacial score (nSPS) is 11.4. The zero-order valence-corrected chi connectivity index (χ0v) is 14.5. The molecule has 0 atom stereocenters. The molecule has 0 bridgehead atoms. The molecule has 0 spiro atoms. The van der Waals surface area contributed by atoms with Crippen LogP contribution in [0, 0.1) is 6.92 Å². The van der Waals surface area contributed by atoms with Crippen LogP contribution in [0.15, 0.2) is 21.6 Å². The molecule has 0 N–H and O–H groups in total. The molecule has 2 nitrogen and oxygen atoms in total. The van der Waals surface area contributed by atoms with Gasteiger partial charge in [0.25, 0.3) is 5.76 Å².